The van der Waals surface area contributed by atoms with Crippen LogP contribution < -0.4 is 10.1 Å². The molecule has 118 valence electrons. The van der Waals surface area contributed by atoms with Crippen LogP contribution in [0, 0.1) is 5.41 Å². The highest BCUT2D eigenvalue weighted by Crippen LogP contribution is 2.48. The summed E-state index contributed by atoms with van der Waals surface area (Å²) >= 11 is 0. The zero-order valence-electron chi connectivity index (χ0n) is 12.4. The summed E-state index contributed by atoms with van der Waals surface area (Å²) in [5.41, 5.74) is 0.180. The summed E-state index contributed by atoms with van der Waals surface area (Å²) in [5.74, 6) is -0.876. The first-order valence-corrected chi connectivity index (χ1v) is 7.41. The molecule has 2 N–H and O–H groups in total. The quantitative estimate of drug-likeness (QED) is 0.891. The van der Waals surface area contributed by atoms with E-state index in [1.807, 2.05) is 0 Å². The number of carboxylic acids is 1. The van der Waals surface area contributed by atoms with Crippen LogP contribution in [0.4, 0.5) is 5.69 Å². The van der Waals surface area contributed by atoms with E-state index in [2.05, 4.69) is 5.32 Å². The van der Waals surface area contributed by atoms with Crippen molar-refractivity contribution in [3.05, 3.63) is 23.8 Å². The molecule has 1 aromatic rings. The summed E-state index contributed by atoms with van der Waals surface area (Å²) in [6.45, 7) is 0.624. The number of carbonyl (C=O) groups excluding carboxylic acids is 1. The minimum absolute atomic E-state index is 0.00712. The Labute approximate surface area is 128 Å². The van der Waals surface area contributed by atoms with Gasteiger partial charge in [0.1, 0.15) is 11.3 Å². The van der Waals surface area contributed by atoms with Gasteiger partial charge in [0.15, 0.2) is 0 Å². The number of rotatable bonds is 4. The van der Waals surface area contributed by atoms with Crippen LogP contribution in [0.3, 0.4) is 0 Å². The standard InChI is InChI=1S/C16H19NO5/c1-21-12-9-10(4-5-11(12)14(18)19)17-15(20)16-6-2-3-13(16)22-8-7-16/h4-5,9,13H,2-3,6-8H2,1H3,(H,17,20)(H,18,19)/t13-,16+/m1/s1. The van der Waals surface area contributed by atoms with Crippen molar-refractivity contribution in [2.75, 3.05) is 19.0 Å². The Morgan fingerprint density at radius 2 is 2.23 bits per heavy atom. The highest BCUT2D eigenvalue weighted by molar-refractivity contribution is 5.97. The van der Waals surface area contributed by atoms with Gasteiger partial charge in [-0.25, -0.2) is 4.79 Å². The predicted molar refractivity (Wildman–Crippen MR) is 79.2 cm³/mol. The largest absolute Gasteiger partial charge is 0.496 e. The first-order chi connectivity index (χ1) is 10.6. The molecule has 2 aliphatic rings. The van der Waals surface area contributed by atoms with E-state index >= 15 is 0 Å². The van der Waals surface area contributed by atoms with E-state index in [0.717, 1.165) is 25.7 Å². The number of hydrogen-bond acceptors (Lipinski definition) is 4. The molecule has 0 spiro atoms. The Hall–Kier alpha value is -2.08. The van der Waals surface area contributed by atoms with Crippen molar-refractivity contribution >= 4 is 17.6 Å². The van der Waals surface area contributed by atoms with E-state index in [1.54, 1.807) is 6.07 Å². The van der Waals surface area contributed by atoms with E-state index in [9.17, 15) is 9.59 Å². The monoisotopic (exact) mass is 305 g/mol. The maximum absolute atomic E-state index is 12.7. The van der Waals surface area contributed by atoms with E-state index in [4.69, 9.17) is 14.6 Å². The maximum Gasteiger partial charge on any atom is 0.339 e. The predicted octanol–water partition coefficient (Wildman–Crippen LogP) is 2.29. The lowest BCUT2D eigenvalue weighted by molar-refractivity contribution is -0.127. The number of nitrogens with one attached hydrogen (secondary N) is 1. The van der Waals surface area contributed by atoms with Crippen LogP contribution in [-0.4, -0.2) is 36.8 Å². The minimum Gasteiger partial charge on any atom is -0.496 e. The third-order valence-corrected chi connectivity index (χ3v) is 4.71. The fourth-order valence-electron chi connectivity index (χ4n) is 3.53. The molecule has 1 aliphatic carbocycles. The number of amides is 1. The van der Waals surface area contributed by atoms with Gasteiger partial charge in [-0.2, -0.15) is 0 Å². The van der Waals surface area contributed by atoms with Crippen LogP contribution in [0.15, 0.2) is 18.2 Å². The number of carbonyl (C=O) groups is 2. The molecule has 1 saturated heterocycles. The van der Waals surface area contributed by atoms with E-state index in [1.165, 1.54) is 19.2 Å². The number of methoxy groups -OCH3 is 1. The maximum atomic E-state index is 12.7. The topological polar surface area (TPSA) is 84.9 Å². The molecule has 0 aromatic heterocycles. The highest BCUT2D eigenvalue weighted by Gasteiger charge is 2.52. The average molecular weight is 305 g/mol. The van der Waals surface area contributed by atoms with Gasteiger partial charge in [0.25, 0.3) is 0 Å². The van der Waals surface area contributed by atoms with Crippen molar-refractivity contribution in [2.45, 2.75) is 31.8 Å². The molecular formula is C16H19NO5. The smallest absolute Gasteiger partial charge is 0.339 e. The molecule has 1 aliphatic heterocycles. The molecule has 2 atom stereocenters. The van der Waals surface area contributed by atoms with Crippen molar-refractivity contribution in [1.82, 2.24) is 0 Å². The fraction of sp³-hybridized carbons (Fsp3) is 0.500. The number of aromatic carboxylic acids is 1. The molecule has 2 fully saturated rings. The molecule has 22 heavy (non-hydrogen) atoms. The van der Waals surface area contributed by atoms with Crippen molar-refractivity contribution in [1.29, 1.82) is 0 Å². The van der Waals surface area contributed by atoms with Crippen LogP contribution in [-0.2, 0) is 9.53 Å². The van der Waals surface area contributed by atoms with Gasteiger partial charge < -0.3 is 19.9 Å². The number of ether oxygens (including phenoxy) is 2. The van der Waals surface area contributed by atoms with Crippen LogP contribution in [0.1, 0.15) is 36.0 Å². The fourth-order valence-corrected chi connectivity index (χ4v) is 3.53. The summed E-state index contributed by atoms with van der Waals surface area (Å²) in [5, 5.41) is 12.0. The number of fused-ring (bicyclic) bond motifs is 1. The summed E-state index contributed by atoms with van der Waals surface area (Å²) in [7, 11) is 1.41. The number of anilines is 1. The summed E-state index contributed by atoms with van der Waals surface area (Å²) in [4.78, 5) is 23.8. The molecule has 0 bridgehead atoms. The molecule has 6 nitrogen and oxygen atoms in total. The van der Waals surface area contributed by atoms with Gasteiger partial charge in [0.05, 0.1) is 18.6 Å². The molecular weight excluding hydrogens is 286 g/mol. The van der Waals surface area contributed by atoms with Crippen LogP contribution in [0.2, 0.25) is 0 Å². The average Bonchev–Trinajstić information content (AvgIpc) is 3.07. The molecule has 1 heterocycles. The van der Waals surface area contributed by atoms with Crippen molar-refractivity contribution in [3.63, 3.8) is 0 Å². The second-order valence-corrected chi connectivity index (χ2v) is 5.83. The van der Waals surface area contributed by atoms with Crippen LogP contribution >= 0.6 is 0 Å². The molecule has 1 amide bonds. The summed E-state index contributed by atoms with van der Waals surface area (Å²) < 4.78 is 10.8. The van der Waals surface area contributed by atoms with Gasteiger partial charge in [-0.05, 0) is 37.8 Å². The van der Waals surface area contributed by atoms with Crippen molar-refractivity contribution < 1.29 is 24.2 Å². The Kier molecular flexibility index (Phi) is 3.78. The first kappa shape index (κ1) is 14.8. The molecule has 0 unspecified atom stereocenters. The molecule has 0 radical (unpaired) electrons. The molecule has 1 aromatic carbocycles. The Morgan fingerprint density at radius 3 is 2.95 bits per heavy atom. The van der Waals surface area contributed by atoms with Gasteiger partial charge in [0.2, 0.25) is 5.91 Å². The second kappa shape index (κ2) is 5.61. The van der Waals surface area contributed by atoms with Gasteiger partial charge in [-0.15, -0.1) is 0 Å². The molecule has 1 saturated carbocycles. The third-order valence-electron chi connectivity index (χ3n) is 4.71. The van der Waals surface area contributed by atoms with Crippen LogP contribution in [0.25, 0.3) is 0 Å². The zero-order chi connectivity index (χ0) is 15.7. The molecule has 3 rings (SSSR count). The number of carboxylic acid groups (broad SMARTS) is 1. The van der Waals surface area contributed by atoms with Gasteiger partial charge in [-0.3, -0.25) is 4.79 Å². The second-order valence-electron chi connectivity index (χ2n) is 5.83. The van der Waals surface area contributed by atoms with Crippen LogP contribution in [0.5, 0.6) is 5.75 Å². The lowest BCUT2D eigenvalue weighted by atomic mass is 9.82. The lowest BCUT2D eigenvalue weighted by Gasteiger charge is -2.26. The minimum atomic E-state index is -1.06. The van der Waals surface area contributed by atoms with Crippen molar-refractivity contribution in [3.8, 4) is 5.75 Å². The summed E-state index contributed by atoms with van der Waals surface area (Å²) in [6, 6.07) is 4.56. The molecule has 6 heteroatoms. The van der Waals surface area contributed by atoms with Crippen molar-refractivity contribution in [2.24, 2.45) is 5.41 Å². The van der Waals surface area contributed by atoms with Gasteiger partial charge in [-0.1, -0.05) is 0 Å². The van der Waals surface area contributed by atoms with E-state index < -0.39 is 11.4 Å². The Morgan fingerprint density at radius 1 is 1.41 bits per heavy atom. The number of benzene rings is 1. The van der Waals surface area contributed by atoms with E-state index in [0.29, 0.717) is 12.3 Å². The SMILES string of the molecule is COc1cc(NC(=O)[C@]23CCC[C@H]2OCC3)ccc1C(=O)O. The van der Waals surface area contributed by atoms with Gasteiger partial charge in [0, 0.05) is 18.4 Å². The first-order valence-electron chi connectivity index (χ1n) is 7.41. The number of hydrogen-bond donors (Lipinski definition) is 2. The van der Waals surface area contributed by atoms with E-state index in [-0.39, 0.29) is 23.3 Å². The third kappa shape index (κ3) is 2.33. The Bertz CT molecular complexity index is 603. The van der Waals surface area contributed by atoms with Gasteiger partial charge >= 0.3 is 5.97 Å². The lowest BCUT2D eigenvalue weighted by Crippen LogP contribution is -2.39. The zero-order valence-corrected chi connectivity index (χ0v) is 12.4. The highest BCUT2D eigenvalue weighted by atomic mass is 16.5. The normalized spacial score (nSPS) is 26.5. The summed E-state index contributed by atoms with van der Waals surface area (Å²) in [6.07, 6.45) is 3.52. The Balaban J connectivity index is 1.81.